The summed E-state index contributed by atoms with van der Waals surface area (Å²) in [6.07, 6.45) is 7.14. The summed E-state index contributed by atoms with van der Waals surface area (Å²) in [7, 11) is 0. The van der Waals surface area contributed by atoms with Crippen molar-refractivity contribution in [2.24, 2.45) is 0 Å². The predicted octanol–water partition coefficient (Wildman–Crippen LogP) is 2.28. The van der Waals surface area contributed by atoms with Crippen LogP contribution in [0.1, 0.15) is 33.1 Å². The molecule has 0 unspecified atom stereocenters. The molecule has 4 nitrogen and oxygen atoms in total. The second-order valence-electron chi connectivity index (χ2n) is 4.79. The molecule has 17 heavy (non-hydrogen) atoms. The molecule has 0 aliphatic carbocycles. The number of nitrogens with zero attached hydrogens (tertiary/aromatic N) is 3. The van der Waals surface area contributed by atoms with E-state index in [9.17, 15) is 4.79 Å². The zero-order valence-corrected chi connectivity index (χ0v) is 12.4. The van der Waals surface area contributed by atoms with Gasteiger partial charge < -0.3 is 4.90 Å². The fraction of sp³-hybridized carbons (Fsp3) is 0.667. The van der Waals surface area contributed by atoms with Crippen LogP contribution in [0.25, 0.3) is 0 Å². The van der Waals surface area contributed by atoms with E-state index in [1.165, 1.54) is 6.42 Å². The first-order valence-corrected chi connectivity index (χ1v) is 7.15. The van der Waals surface area contributed by atoms with Crippen LogP contribution in [0.5, 0.6) is 0 Å². The number of piperidine rings is 1. The second-order valence-corrected chi connectivity index (χ2v) is 6.03. The number of hydrogen-bond acceptors (Lipinski definition) is 2. The molecule has 1 amide bonds. The van der Waals surface area contributed by atoms with E-state index < -0.39 is 0 Å². The minimum absolute atomic E-state index is 0.184. The summed E-state index contributed by atoms with van der Waals surface area (Å²) < 4.78 is 2.79. The standard InChI is InChI=1S/C12H18IN3O/c1-9-4-3-5-10(2)16(9)12(17)8-15-7-11(13)6-14-15/h6-7,9-10H,3-5,8H2,1-2H3/t9-,10-/m1/s1. The molecule has 0 aromatic carbocycles. The van der Waals surface area contributed by atoms with Crippen LogP contribution >= 0.6 is 22.6 Å². The molecule has 0 spiro atoms. The summed E-state index contributed by atoms with van der Waals surface area (Å²) in [4.78, 5) is 14.3. The molecule has 5 heteroatoms. The zero-order chi connectivity index (χ0) is 12.4. The van der Waals surface area contributed by atoms with Gasteiger partial charge in [-0.2, -0.15) is 5.10 Å². The Bertz CT molecular complexity index is 394. The summed E-state index contributed by atoms with van der Waals surface area (Å²) in [5, 5.41) is 4.16. The number of hydrogen-bond donors (Lipinski definition) is 0. The third kappa shape index (κ3) is 3.00. The van der Waals surface area contributed by atoms with Gasteiger partial charge in [0.1, 0.15) is 6.54 Å². The highest BCUT2D eigenvalue weighted by Gasteiger charge is 2.28. The van der Waals surface area contributed by atoms with Crippen molar-refractivity contribution in [1.29, 1.82) is 0 Å². The molecule has 2 rings (SSSR count). The first-order valence-electron chi connectivity index (χ1n) is 6.07. The van der Waals surface area contributed by atoms with E-state index >= 15 is 0 Å². The van der Waals surface area contributed by atoms with E-state index in [-0.39, 0.29) is 5.91 Å². The van der Waals surface area contributed by atoms with Crippen molar-refractivity contribution < 1.29 is 4.79 Å². The van der Waals surface area contributed by atoms with Crippen molar-refractivity contribution in [1.82, 2.24) is 14.7 Å². The number of likely N-dealkylation sites (tertiary alicyclic amines) is 1. The molecule has 1 fully saturated rings. The molecular formula is C12H18IN3O. The number of rotatable bonds is 2. The highest BCUT2D eigenvalue weighted by atomic mass is 127. The molecule has 1 aromatic rings. The van der Waals surface area contributed by atoms with E-state index in [4.69, 9.17) is 0 Å². The summed E-state index contributed by atoms with van der Waals surface area (Å²) in [5.41, 5.74) is 0. The summed E-state index contributed by atoms with van der Waals surface area (Å²) in [5.74, 6) is 0.184. The number of carbonyl (C=O) groups is 1. The molecule has 0 N–H and O–H groups in total. The third-order valence-electron chi connectivity index (χ3n) is 3.38. The summed E-state index contributed by atoms with van der Waals surface area (Å²) in [6, 6.07) is 0.724. The number of amides is 1. The molecule has 2 heterocycles. The van der Waals surface area contributed by atoms with E-state index in [0.717, 1.165) is 16.4 Å². The van der Waals surface area contributed by atoms with Crippen LogP contribution in [0.4, 0.5) is 0 Å². The van der Waals surface area contributed by atoms with Crippen molar-refractivity contribution >= 4 is 28.5 Å². The normalized spacial score (nSPS) is 25.0. The van der Waals surface area contributed by atoms with E-state index in [1.807, 2.05) is 11.1 Å². The highest BCUT2D eigenvalue weighted by Crippen LogP contribution is 2.22. The topological polar surface area (TPSA) is 38.1 Å². The second kappa shape index (κ2) is 5.37. The number of aromatic nitrogens is 2. The van der Waals surface area contributed by atoms with E-state index in [1.54, 1.807) is 10.9 Å². The van der Waals surface area contributed by atoms with Gasteiger partial charge in [-0.15, -0.1) is 0 Å². The van der Waals surface area contributed by atoms with Crippen LogP contribution in [-0.4, -0.2) is 32.7 Å². The minimum Gasteiger partial charge on any atom is -0.336 e. The van der Waals surface area contributed by atoms with Crippen molar-refractivity contribution in [3.8, 4) is 0 Å². The van der Waals surface area contributed by atoms with Gasteiger partial charge in [-0.3, -0.25) is 9.48 Å². The highest BCUT2D eigenvalue weighted by molar-refractivity contribution is 14.1. The SMILES string of the molecule is C[C@@H]1CCC[C@@H](C)N1C(=O)Cn1cc(I)cn1. The Morgan fingerprint density at radius 2 is 2.12 bits per heavy atom. The van der Waals surface area contributed by atoms with Crippen LogP contribution in [-0.2, 0) is 11.3 Å². The molecule has 2 atom stereocenters. The first-order chi connectivity index (χ1) is 8.08. The van der Waals surface area contributed by atoms with Gasteiger partial charge in [0, 0.05) is 18.3 Å². The molecule has 1 aliphatic rings. The lowest BCUT2D eigenvalue weighted by Crippen LogP contribution is -2.48. The maximum atomic E-state index is 12.3. The Hall–Kier alpha value is -0.590. The van der Waals surface area contributed by atoms with Crippen molar-refractivity contribution in [3.63, 3.8) is 0 Å². The molecule has 1 saturated heterocycles. The molecule has 0 radical (unpaired) electrons. The van der Waals surface area contributed by atoms with Crippen LogP contribution in [0, 0.1) is 3.57 Å². The van der Waals surface area contributed by atoms with Crippen LogP contribution in [0.3, 0.4) is 0 Å². The molecule has 1 aliphatic heterocycles. The van der Waals surface area contributed by atoms with Crippen molar-refractivity contribution in [2.45, 2.75) is 51.7 Å². The van der Waals surface area contributed by atoms with Crippen molar-refractivity contribution in [3.05, 3.63) is 16.0 Å². The van der Waals surface area contributed by atoms with Gasteiger partial charge in [0.15, 0.2) is 0 Å². The Labute approximate surface area is 116 Å². The molecular weight excluding hydrogens is 329 g/mol. The molecule has 0 bridgehead atoms. The fourth-order valence-corrected chi connectivity index (χ4v) is 3.00. The molecule has 94 valence electrons. The minimum atomic E-state index is 0.184. The summed E-state index contributed by atoms with van der Waals surface area (Å²) in [6.45, 7) is 4.64. The Balaban J connectivity index is 2.03. The monoisotopic (exact) mass is 347 g/mol. The van der Waals surface area contributed by atoms with Crippen molar-refractivity contribution in [2.75, 3.05) is 0 Å². The average Bonchev–Trinajstić information content (AvgIpc) is 2.63. The third-order valence-corrected chi connectivity index (χ3v) is 3.94. The van der Waals surface area contributed by atoms with E-state index in [0.29, 0.717) is 18.6 Å². The quantitative estimate of drug-likeness (QED) is 0.770. The van der Waals surface area contributed by atoms with Crippen LogP contribution in [0.2, 0.25) is 0 Å². The fourth-order valence-electron chi connectivity index (χ4n) is 2.56. The largest absolute Gasteiger partial charge is 0.336 e. The van der Waals surface area contributed by atoms with Gasteiger partial charge in [0.2, 0.25) is 5.91 Å². The van der Waals surface area contributed by atoms with Gasteiger partial charge in [-0.05, 0) is 55.7 Å². The van der Waals surface area contributed by atoms with Gasteiger partial charge in [-0.25, -0.2) is 0 Å². The lowest BCUT2D eigenvalue weighted by molar-refractivity contribution is -0.138. The van der Waals surface area contributed by atoms with Crippen LogP contribution in [0.15, 0.2) is 12.4 Å². The zero-order valence-electron chi connectivity index (χ0n) is 10.3. The maximum Gasteiger partial charge on any atom is 0.244 e. The lowest BCUT2D eigenvalue weighted by atomic mass is 9.97. The summed E-state index contributed by atoms with van der Waals surface area (Å²) >= 11 is 2.20. The van der Waals surface area contributed by atoms with Gasteiger partial charge >= 0.3 is 0 Å². The Kier molecular flexibility index (Phi) is 4.06. The molecule has 1 aromatic heterocycles. The molecule has 0 saturated carbocycles. The predicted molar refractivity (Wildman–Crippen MR) is 74.6 cm³/mol. The van der Waals surface area contributed by atoms with E-state index in [2.05, 4.69) is 41.5 Å². The average molecular weight is 347 g/mol. The Morgan fingerprint density at radius 3 is 2.65 bits per heavy atom. The van der Waals surface area contributed by atoms with Gasteiger partial charge in [0.25, 0.3) is 0 Å². The number of carbonyl (C=O) groups excluding carboxylic acids is 1. The van der Waals surface area contributed by atoms with Crippen LogP contribution < -0.4 is 0 Å². The Morgan fingerprint density at radius 1 is 1.47 bits per heavy atom. The maximum absolute atomic E-state index is 12.3. The first kappa shape index (κ1) is 12.9. The lowest BCUT2D eigenvalue weighted by Gasteiger charge is -2.39. The van der Waals surface area contributed by atoms with Gasteiger partial charge in [-0.1, -0.05) is 0 Å². The number of halogens is 1. The van der Waals surface area contributed by atoms with Gasteiger partial charge in [0.05, 0.1) is 9.77 Å². The smallest absolute Gasteiger partial charge is 0.244 e.